The van der Waals surface area contributed by atoms with Gasteiger partial charge in [0.1, 0.15) is 0 Å². The Bertz CT molecular complexity index is 312. The standard InChI is InChI=1S/C10H16N4O/c1-7(2)9(11-3)10(15)14-8-6-12-4-5-13-8/h4-7,9,11H,1-3H3,(H,13,14,15). The summed E-state index contributed by atoms with van der Waals surface area (Å²) in [6.07, 6.45) is 4.62. The Labute approximate surface area is 89.3 Å². The zero-order valence-corrected chi connectivity index (χ0v) is 9.19. The first-order chi connectivity index (χ1) is 7.15. The molecule has 0 aliphatic heterocycles. The van der Waals surface area contributed by atoms with Crippen LogP contribution in [0, 0.1) is 5.92 Å². The Morgan fingerprint density at radius 3 is 2.60 bits per heavy atom. The van der Waals surface area contributed by atoms with Crippen molar-refractivity contribution >= 4 is 11.7 Å². The Balaban J connectivity index is 2.62. The van der Waals surface area contributed by atoms with Gasteiger partial charge in [-0.25, -0.2) is 4.98 Å². The van der Waals surface area contributed by atoms with Crippen LogP contribution in [0.25, 0.3) is 0 Å². The largest absolute Gasteiger partial charge is 0.309 e. The first-order valence-electron chi connectivity index (χ1n) is 4.89. The number of carbonyl (C=O) groups excluding carboxylic acids is 1. The molecule has 5 heteroatoms. The summed E-state index contributed by atoms with van der Waals surface area (Å²) in [4.78, 5) is 19.6. The topological polar surface area (TPSA) is 66.9 Å². The normalized spacial score (nSPS) is 12.5. The second-order valence-corrected chi connectivity index (χ2v) is 3.59. The molecule has 0 aromatic carbocycles. The summed E-state index contributed by atoms with van der Waals surface area (Å²) in [6.45, 7) is 3.97. The molecule has 0 radical (unpaired) electrons. The van der Waals surface area contributed by atoms with Crippen molar-refractivity contribution in [3.05, 3.63) is 18.6 Å². The molecular formula is C10H16N4O. The van der Waals surface area contributed by atoms with Gasteiger partial charge in [0.15, 0.2) is 5.82 Å². The van der Waals surface area contributed by atoms with Gasteiger partial charge in [-0.2, -0.15) is 0 Å². The van der Waals surface area contributed by atoms with Crippen LogP contribution in [-0.4, -0.2) is 29.0 Å². The molecule has 1 aromatic heterocycles. The van der Waals surface area contributed by atoms with Crippen molar-refractivity contribution in [3.8, 4) is 0 Å². The number of nitrogens with one attached hydrogen (secondary N) is 2. The molecule has 15 heavy (non-hydrogen) atoms. The minimum Gasteiger partial charge on any atom is -0.309 e. The molecule has 0 saturated heterocycles. The molecule has 0 aliphatic carbocycles. The highest BCUT2D eigenvalue weighted by atomic mass is 16.2. The van der Waals surface area contributed by atoms with Gasteiger partial charge in [-0.05, 0) is 13.0 Å². The summed E-state index contributed by atoms with van der Waals surface area (Å²) in [5.74, 6) is 0.614. The van der Waals surface area contributed by atoms with E-state index in [1.807, 2.05) is 13.8 Å². The third kappa shape index (κ3) is 3.28. The number of likely N-dealkylation sites (N-methyl/N-ethyl adjacent to an activating group) is 1. The predicted octanol–water partition coefficient (Wildman–Crippen LogP) is 0.659. The van der Waals surface area contributed by atoms with Gasteiger partial charge in [0, 0.05) is 12.4 Å². The van der Waals surface area contributed by atoms with E-state index in [4.69, 9.17) is 0 Å². The van der Waals surface area contributed by atoms with Crippen LogP contribution < -0.4 is 10.6 Å². The number of nitrogens with zero attached hydrogens (tertiary/aromatic N) is 2. The number of hydrogen-bond acceptors (Lipinski definition) is 4. The lowest BCUT2D eigenvalue weighted by molar-refractivity contribution is -0.119. The minimum absolute atomic E-state index is 0.0898. The quantitative estimate of drug-likeness (QED) is 0.762. The highest BCUT2D eigenvalue weighted by molar-refractivity contribution is 5.94. The van der Waals surface area contributed by atoms with Crippen molar-refractivity contribution in [3.63, 3.8) is 0 Å². The minimum atomic E-state index is -0.216. The molecule has 1 heterocycles. The summed E-state index contributed by atoms with van der Waals surface area (Å²) in [6, 6.07) is -0.216. The van der Waals surface area contributed by atoms with Gasteiger partial charge in [0.05, 0.1) is 12.2 Å². The van der Waals surface area contributed by atoms with E-state index in [1.54, 1.807) is 19.4 Å². The number of hydrogen-bond donors (Lipinski definition) is 2. The number of carbonyl (C=O) groups is 1. The summed E-state index contributed by atoms with van der Waals surface area (Å²) in [5, 5.41) is 5.66. The lowest BCUT2D eigenvalue weighted by atomic mass is 10.0. The van der Waals surface area contributed by atoms with E-state index in [9.17, 15) is 4.79 Å². The van der Waals surface area contributed by atoms with Gasteiger partial charge in [-0.3, -0.25) is 9.78 Å². The second kappa shape index (κ2) is 5.41. The van der Waals surface area contributed by atoms with Gasteiger partial charge in [0.2, 0.25) is 5.91 Å². The van der Waals surface area contributed by atoms with E-state index >= 15 is 0 Å². The van der Waals surface area contributed by atoms with Crippen molar-refractivity contribution in [1.29, 1.82) is 0 Å². The van der Waals surface area contributed by atoms with Crippen LogP contribution in [0.2, 0.25) is 0 Å². The Morgan fingerprint density at radius 2 is 2.13 bits per heavy atom. The smallest absolute Gasteiger partial charge is 0.242 e. The Morgan fingerprint density at radius 1 is 1.40 bits per heavy atom. The van der Waals surface area contributed by atoms with Crippen molar-refractivity contribution in [2.24, 2.45) is 5.92 Å². The van der Waals surface area contributed by atoms with E-state index in [-0.39, 0.29) is 17.9 Å². The molecule has 0 bridgehead atoms. The molecule has 0 fully saturated rings. The van der Waals surface area contributed by atoms with Crippen molar-refractivity contribution in [2.75, 3.05) is 12.4 Å². The number of rotatable bonds is 4. The third-order valence-corrected chi connectivity index (χ3v) is 2.07. The average molecular weight is 208 g/mol. The molecule has 1 aromatic rings. The van der Waals surface area contributed by atoms with Crippen molar-refractivity contribution in [1.82, 2.24) is 15.3 Å². The van der Waals surface area contributed by atoms with E-state index < -0.39 is 0 Å². The molecule has 5 nitrogen and oxygen atoms in total. The fourth-order valence-corrected chi connectivity index (χ4v) is 1.33. The van der Waals surface area contributed by atoms with Crippen LogP contribution in [0.4, 0.5) is 5.82 Å². The fourth-order valence-electron chi connectivity index (χ4n) is 1.33. The Kier molecular flexibility index (Phi) is 4.17. The molecule has 0 spiro atoms. The zero-order valence-electron chi connectivity index (χ0n) is 9.19. The van der Waals surface area contributed by atoms with E-state index in [0.29, 0.717) is 5.82 Å². The molecule has 0 saturated carbocycles. The van der Waals surface area contributed by atoms with E-state index in [2.05, 4.69) is 20.6 Å². The molecule has 1 amide bonds. The molecule has 1 unspecified atom stereocenters. The lowest BCUT2D eigenvalue weighted by Gasteiger charge is -2.18. The molecule has 0 aliphatic rings. The van der Waals surface area contributed by atoms with Gasteiger partial charge < -0.3 is 10.6 Å². The van der Waals surface area contributed by atoms with Crippen LogP contribution in [-0.2, 0) is 4.79 Å². The highest BCUT2D eigenvalue weighted by Gasteiger charge is 2.20. The SMILES string of the molecule is CNC(C(=O)Nc1cnccn1)C(C)C. The maximum Gasteiger partial charge on any atom is 0.242 e. The molecule has 1 rings (SSSR count). The highest BCUT2D eigenvalue weighted by Crippen LogP contribution is 2.05. The number of aromatic nitrogens is 2. The van der Waals surface area contributed by atoms with Crippen LogP contribution in [0.1, 0.15) is 13.8 Å². The van der Waals surface area contributed by atoms with Crippen LogP contribution >= 0.6 is 0 Å². The van der Waals surface area contributed by atoms with Gasteiger partial charge >= 0.3 is 0 Å². The molecule has 82 valence electrons. The van der Waals surface area contributed by atoms with E-state index in [1.165, 1.54) is 6.20 Å². The van der Waals surface area contributed by atoms with E-state index in [0.717, 1.165) is 0 Å². The summed E-state index contributed by atoms with van der Waals surface area (Å²) >= 11 is 0. The average Bonchev–Trinajstić information content (AvgIpc) is 2.19. The molecular weight excluding hydrogens is 192 g/mol. The maximum atomic E-state index is 11.7. The summed E-state index contributed by atoms with van der Waals surface area (Å²) in [5.41, 5.74) is 0. The molecule has 2 N–H and O–H groups in total. The number of anilines is 1. The first-order valence-corrected chi connectivity index (χ1v) is 4.89. The Hall–Kier alpha value is -1.49. The third-order valence-electron chi connectivity index (χ3n) is 2.07. The van der Waals surface area contributed by atoms with Gasteiger partial charge in [-0.15, -0.1) is 0 Å². The van der Waals surface area contributed by atoms with Gasteiger partial charge in [0.25, 0.3) is 0 Å². The van der Waals surface area contributed by atoms with Crippen LogP contribution in [0.15, 0.2) is 18.6 Å². The lowest BCUT2D eigenvalue weighted by Crippen LogP contribution is -2.42. The zero-order chi connectivity index (χ0) is 11.3. The van der Waals surface area contributed by atoms with Crippen molar-refractivity contribution in [2.45, 2.75) is 19.9 Å². The molecule has 1 atom stereocenters. The summed E-state index contributed by atoms with van der Waals surface area (Å²) < 4.78 is 0. The van der Waals surface area contributed by atoms with Crippen LogP contribution in [0.3, 0.4) is 0 Å². The first kappa shape index (κ1) is 11.6. The monoisotopic (exact) mass is 208 g/mol. The van der Waals surface area contributed by atoms with Crippen molar-refractivity contribution < 1.29 is 4.79 Å². The second-order valence-electron chi connectivity index (χ2n) is 3.59. The van der Waals surface area contributed by atoms with Crippen LogP contribution in [0.5, 0.6) is 0 Å². The fraction of sp³-hybridized carbons (Fsp3) is 0.500. The predicted molar refractivity (Wildman–Crippen MR) is 58.3 cm³/mol. The summed E-state index contributed by atoms with van der Waals surface area (Å²) in [7, 11) is 1.76. The van der Waals surface area contributed by atoms with Gasteiger partial charge in [-0.1, -0.05) is 13.8 Å². The number of amides is 1. The maximum absolute atomic E-state index is 11.7.